The van der Waals surface area contributed by atoms with Crippen molar-refractivity contribution in [3.8, 4) is 17.0 Å². The van der Waals surface area contributed by atoms with E-state index in [1.807, 2.05) is 13.0 Å². The molecule has 2 aliphatic heterocycles. The van der Waals surface area contributed by atoms with Gasteiger partial charge in [0.2, 0.25) is 0 Å². The second kappa shape index (κ2) is 8.67. The number of fused-ring (bicyclic) bond motifs is 3. The van der Waals surface area contributed by atoms with Gasteiger partial charge in [0.15, 0.2) is 5.43 Å². The summed E-state index contributed by atoms with van der Waals surface area (Å²) in [5, 5.41) is 1.29. The minimum atomic E-state index is -0.577. The van der Waals surface area contributed by atoms with Crippen LogP contribution in [0.1, 0.15) is 74.3 Å². The summed E-state index contributed by atoms with van der Waals surface area (Å²) in [5.41, 5.74) is 3.75. The van der Waals surface area contributed by atoms with Crippen molar-refractivity contribution in [3.63, 3.8) is 0 Å². The second-order valence-electron chi connectivity index (χ2n) is 9.83. The van der Waals surface area contributed by atoms with Gasteiger partial charge in [-0.25, -0.2) is 4.79 Å². The Labute approximate surface area is 199 Å². The Morgan fingerprint density at radius 2 is 2.00 bits per heavy atom. The number of benzene rings is 1. The largest absolute Gasteiger partial charge is 0.496 e. The maximum absolute atomic E-state index is 12.9. The van der Waals surface area contributed by atoms with E-state index in [0.717, 1.165) is 34.0 Å². The van der Waals surface area contributed by atoms with Crippen LogP contribution in [0.5, 0.6) is 5.75 Å². The molecule has 33 heavy (non-hydrogen) atoms. The third-order valence-electron chi connectivity index (χ3n) is 6.48. The predicted molar refractivity (Wildman–Crippen MR) is 134 cm³/mol. The molecular formula is C26H32N2O4S. The number of methoxy groups -OCH3 is 1. The number of hydrogen-bond donors (Lipinski definition) is 0. The molecule has 0 saturated carbocycles. The summed E-state index contributed by atoms with van der Waals surface area (Å²) >= 11 is 1.77. The van der Waals surface area contributed by atoms with Gasteiger partial charge in [-0.05, 0) is 44.2 Å². The maximum atomic E-state index is 12.9. The molecular weight excluding hydrogens is 436 g/mol. The lowest BCUT2D eigenvalue weighted by molar-refractivity contribution is 0.0523. The number of hydrogen-bond acceptors (Lipinski definition) is 6. The van der Waals surface area contributed by atoms with Gasteiger partial charge in [-0.2, -0.15) is 0 Å². The number of thioether (sulfide) groups is 1. The van der Waals surface area contributed by atoms with Crippen LogP contribution in [0.4, 0.5) is 0 Å². The number of aliphatic imine (C=N–C) groups is 1. The van der Waals surface area contributed by atoms with E-state index < -0.39 is 5.97 Å². The van der Waals surface area contributed by atoms with Gasteiger partial charge < -0.3 is 14.0 Å². The van der Waals surface area contributed by atoms with E-state index in [2.05, 4.69) is 38.3 Å². The van der Waals surface area contributed by atoms with Crippen molar-refractivity contribution >= 4 is 22.8 Å². The number of rotatable bonds is 4. The molecule has 2 aliphatic rings. The van der Waals surface area contributed by atoms with Crippen LogP contribution in [0.15, 0.2) is 34.2 Å². The molecule has 1 aromatic carbocycles. The first-order valence-corrected chi connectivity index (χ1v) is 12.3. The summed E-state index contributed by atoms with van der Waals surface area (Å²) in [6, 6.07) is 6.09. The SMILES string of the molecule is CCOC(=O)c1cn2c(cc1=O)-c1cc(OC)c(C3SC(C)=NC3C)cc1CC2C(C)(C)C. The van der Waals surface area contributed by atoms with Crippen molar-refractivity contribution in [2.75, 3.05) is 13.7 Å². The standard InChI is InChI=1S/C26H32N2O4S/c1-8-32-25(30)19-13-28-20(12-21(19)29)17-11-22(31-7)18(24-14(2)27-15(3)33-24)9-16(17)10-23(28)26(4,5)6/h9,11-14,23-24H,8,10H2,1-7H3. The lowest BCUT2D eigenvalue weighted by Crippen LogP contribution is -2.33. The van der Waals surface area contributed by atoms with Gasteiger partial charge in [0.25, 0.3) is 0 Å². The molecule has 3 heterocycles. The molecule has 3 atom stereocenters. The van der Waals surface area contributed by atoms with Gasteiger partial charge in [0.05, 0.1) is 35.7 Å². The van der Waals surface area contributed by atoms with Crippen LogP contribution in [0.25, 0.3) is 11.3 Å². The highest BCUT2D eigenvalue weighted by atomic mass is 32.2. The molecule has 1 aromatic heterocycles. The van der Waals surface area contributed by atoms with Gasteiger partial charge in [-0.15, -0.1) is 11.8 Å². The highest BCUT2D eigenvalue weighted by Gasteiger charge is 2.36. The zero-order valence-electron chi connectivity index (χ0n) is 20.4. The maximum Gasteiger partial charge on any atom is 0.343 e. The van der Waals surface area contributed by atoms with Crippen molar-refractivity contribution in [3.05, 3.63) is 51.3 Å². The summed E-state index contributed by atoms with van der Waals surface area (Å²) in [7, 11) is 1.68. The van der Waals surface area contributed by atoms with Crippen LogP contribution < -0.4 is 10.2 Å². The Morgan fingerprint density at radius 3 is 2.58 bits per heavy atom. The fourth-order valence-corrected chi connectivity index (χ4v) is 6.02. The third kappa shape index (κ3) is 4.23. The number of carbonyl (C=O) groups is 1. The van der Waals surface area contributed by atoms with E-state index in [1.165, 1.54) is 5.56 Å². The van der Waals surface area contributed by atoms with E-state index in [4.69, 9.17) is 14.5 Å². The van der Waals surface area contributed by atoms with Crippen molar-refractivity contribution < 1.29 is 14.3 Å². The zero-order chi connectivity index (χ0) is 24.1. The van der Waals surface area contributed by atoms with Crippen molar-refractivity contribution in [2.24, 2.45) is 10.4 Å². The molecule has 0 radical (unpaired) electrons. The lowest BCUT2D eigenvalue weighted by Gasteiger charge is -2.39. The van der Waals surface area contributed by atoms with E-state index in [1.54, 1.807) is 38.1 Å². The summed E-state index contributed by atoms with van der Waals surface area (Å²) in [5.74, 6) is 0.220. The molecule has 3 unspecified atom stereocenters. The molecule has 2 aromatic rings. The van der Waals surface area contributed by atoms with E-state index in [9.17, 15) is 9.59 Å². The first-order chi connectivity index (χ1) is 15.5. The number of ether oxygens (including phenoxy) is 2. The Kier molecular flexibility index (Phi) is 6.20. The van der Waals surface area contributed by atoms with Crippen molar-refractivity contribution in [2.45, 2.75) is 65.3 Å². The molecule has 0 spiro atoms. The van der Waals surface area contributed by atoms with Gasteiger partial charge in [0, 0.05) is 29.4 Å². The summed E-state index contributed by atoms with van der Waals surface area (Å²) in [6.45, 7) is 12.7. The molecule has 0 saturated heterocycles. The second-order valence-corrected chi connectivity index (χ2v) is 11.2. The number of esters is 1. The molecule has 0 amide bonds. The predicted octanol–water partition coefficient (Wildman–Crippen LogP) is 5.44. The Balaban J connectivity index is 1.91. The van der Waals surface area contributed by atoms with Gasteiger partial charge >= 0.3 is 5.97 Å². The zero-order valence-corrected chi connectivity index (χ0v) is 21.2. The lowest BCUT2D eigenvalue weighted by atomic mass is 9.78. The smallest absolute Gasteiger partial charge is 0.343 e. The normalized spacial score (nSPS) is 21.8. The summed E-state index contributed by atoms with van der Waals surface area (Å²) in [4.78, 5) is 30.1. The number of aromatic nitrogens is 1. The Bertz CT molecular complexity index is 1190. The average Bonchev–Trinajstić information content (AvgIpc) is 3.08. The Hall–Kier alpha value is -2.54. The van der Waals surface area contributed by atoms with Crippen LogP contribution in [-0.2, 0) is 11.2 Å². The van der Waals surface area contributed by atoms with Crippen LogP contribution >= 0.6 is 11.8 Å². The van der Waals surface area contributed by atoms with E-state index >= 15 is 0 Å². The van der Waals surface area contributed by atoms with Crippen molar-refractivity contribution in [1.29, 1.82) is 0 Å². The quantitative estimate of drug-likeness (QED) is 0.559. The van der Waals surface area contributed by atoms with Crippen LogP contribution in [0.3, 0.4) is 0 Å². The highest BCUT2D eigenvalue weighted by Crippen LogP contribution is 2.49. The van der Waals surface area contributed by atoms with Gasteiger partial charge in [-0.3, -0.25) is 9.79 Å². The molecule has 0 fully saturated rings. The molecule has 0 N–H and O–H groups in total. The first kappa shape index (κ1) is 23.6. The highest BCUT2D eigenvalue weighted by molar-refractivity contribution is 8.14. The monoisotopic (exact) mass is 468 g/mol. The fourth-order valence-electron chi connectivity index (χ4n) is 4.86. The minimum Gasteiger partial charge on any atom is -0.496 e. The molecule has 7 heteroatoms. The molecule has 0 bridgehead atoms. The molecule has 176 valence electrons. The topological polar surface area (TPSA) is 69.9 Å². The minimum absolute atomic E-state index is 0.0710. The Morgan fingerprint density at radius 1 is 1.27 bits per heavy atom. The number of carbonyl (C=O) groups excluding carboxylic acids is 1. The third-order valence-corrected chi connectivity index (χ3v) is 7.83. The molecule has 4 rings (SSSR count). The number of nitrogens with zero attached hydrogens (tertiary/aromatic N) is 2. The summed E-state index contributed by atoms with van der Waals surface area (Å²) in [6.07, 6.45) is 2.47. The average molecular weight is 469 g/mol. The number of pyridine rings is 1. The van der Waals surface area contributed by atoms with Gasteiger partial charge in [0.1, 0.15) is 11.3 Å². The van der Waals surface area contributed by atoms with E-state index in [0.29, 0.717) is 0 Å². The van der Waals surface area contributed by atoms with Crippen molar-refractivity contribution in [1.82, 2.24) is 4.57 Å². The van der Waals surface area contributed by atoms with E-state index in [-0.39, 0.29) is 40.3 Å². The van der Waals surface area contributed by atoms with Crippen LogP contribution in [0.2, 0.25) is 0 Å². The van der Waals surface area contributed by atoms with Gasteiger partial charge in [-0.1, -0.05) is 26.8 Å². The fraction of sp³-hybridized carbons (Fsp3) is 0.500. The molecule has 6 nitrogen and oxygen atoms in total. The van der Waals surface area contributed by atoms with Crippen LogP contribution in [-0.4, -0.2) is 35.3 Å². The van der Waals surface area contributed by atoms with Crippen LogP contribution in [0, 0.1) is 5.41 Å². The first-order valence-electron chi connectivity index (χ1n) is 11.4. The molecule has 0 aliphatic carbocycles. The summed E-state index contributed by atoms with van der Waals surface area (Å²) < 4.78 is 13.0.